The lowest BCUT2D eigenvalue weighted by Crippen LogP contribution is -2.25. The fourth-order valence-electron chi connectivity index (χ4n) is 1.49. The first-order valence-corrected chi connectivity index (χ1v) is 7.62. The van der Waals surface area contributed by atoms with Crippen LogP contribution in [0.3, 0.4) is 0 Å². The highest BCUT2D eigenvalue weighted by Gasteiger charge is 2.04. The number of aliphatic hydroxyl groups is 1. The molecule has 0 bridgehead atoms. The molecule has 1 rings (SSSR count). The molecule has 0 heterocycles. The highest BCUT2D eigenvalue weighted by molar-refractivity contribution is 7.98. The van der Waals surface area contributed by atoms with Gasteiger partial charge in [-0.15, -0.1) is 11.8 Å². The number of rotatable bonds is 9. The van der Waals surface area contributed by atoms with E-state index in [-0.39, 0.29) is 0 Å². The second-order valence-electron chi connectivity index (χ2n) is 4.20. The molecular weight excluding hydrogens is 246 g/mol. The van der Waals surface area contributed by atoms with Crippen LogP contribution in [0.15, 0.2) is 29.2 Å². The molecule has 2 N–H and O–H groups in total. The minimum absolute atomic E-state index is 0.398. The molecule has 0 radical (unpaired) electrons. The standard InChI is InChI=1S/C14H23NO2S/c1-3-4-8-17-11-13(16)10-15-12-6-5-7-14(9-12)18-2/h5-7,9,13,15-16H,3-4,8,10-11H2,1-2H3. The van der Waals surface area contributed by atoms with Crippen LogP contribution in [0.25, 0.3) is 0 Å². The van der Waals surface area contributed by atoms with Crippen LogP contribution in [0.1, 0.15) is 19.8 Å². The molecule has 4 heteroatoms. The van der Waals surface area contributed by atoms with Crippen molar-refractivity contribution >= 4 is 17.4 Å². The van der Waals surface area contributed by atoms with Gasteiger partial charge in [0.15, 0.2) is 0 Å². The number of aliphatic hydroxyl groups excluding tert-OH is 1. The zero-order chi connectivity index (χ0) is 13.2. The molecule has 0 amide bonds. The molecule has 1 aromatic carbocycles. The van der Waals surface area contributed by atoms with Gasteiger partial charge >= 0.3 is 0 Å². The summed E-state index contributed by atoms with van der Waals surface area (Å²) in [6.45, 7) is 3.77. The van der Waals surface area contributed by atoms with Crippen molar-refractivity contribution in [2.75, 3.05) is 31.3 Å². The molecule has 18 heavy (non-hydrogen) atoms. The van der Waals surface area contributed by atoms with Crippen LogP contribution in [-0.4, -0.2) is 37.2 Å². The van der Waals surface area contributed by atoms with Gasteiger partial charge < -0.3 is 15.2 Å². The summed E-state index contributed by atoms with van der Waals surface area (Å²) in [5.41, 5.74) is 1.04. The van der Waals surface area contributed by atoms with Crippen LogP contribution in [-0.2, 0) is 4.74 Å². The van der Waals surface area contributed by atoms with E-state index in [2.05, 4.69) is 30.6 Å². The van der Waals surface area contributed by atoms with Crippen molar-refractivity contribution in [3.63, 3.8) is 0 Å². The van der Waals surface area contributed by atoms with Crippen molar-refractivity contribution < 1.29 is 9.84 Å². The molecule has 0 aliphatic rings. The number of thioether (sulfide) groups is 1. The number of benzene rings is 1. The molecule has 0 aliphatic heterocycles. The monoisotopic (exact) mass is 269 g/mol. The highest BCUT2D eigenvalue weighted by Crippen LogP contribution is 2.18. The van der Waals surface area contributed by atoms with Crippen molar-refractivity contribution in [3.8, 4) is 0 Å². The van der Waals surface area contributed by atoms with Gasteiger partial charge in [-0.3, -0.25) is 0 Å². The van der Waals surface area contributed by atoms with Gasteiger partial charge in [0.25, 0.3) is 0 Å². The Morgan fingerprint density at radius 2 is 2.28 bits per heavy atom. The first-order chi connectivity index (χ1) is 8.76. The van der Waals surface area contributed by atoms with Gasteiger partial charge in [0, 0.05) is 23.7 Å². The number of hydrogen-bond donors (Lipinski definition) is 2. The molecule has 0 fully saturated rings. The summed E-state index contributed by atoms with van der Waals surface area (Å²) in [5, 5.41) is 13.0. The van der Waals surface area contributed by atoms with Gasteiger partial charge in [0.05, 0.1) is 12.7 Å². The fraction of sp³-hybridized carbons (Fsp3) is 0.571. The van der Waals surface area contributed by atoms with E-state index >= 15 is 0 Å². The Bertz CT molecular complexity index is 333. The van der Waals surface area contributed by atoms with Crippen LogP contribution in [0, 0.1) is 0 Å². The lowest BCUT2D eigenvalue weighted by molar-refractivity contribution is 0.0422. The van der Waals surface area contributed by atoms with Gasteiger partial charge in [-0.2, -0.15) is 0 Å². The smallest absolute Gasteiger partial charge is 0.0945 e. The van der Waals surface area contributed by atoms with Gasteiger partial charge in [0.1, 0.15) is 0 Å². The van der Waals surface area contributed by atoms with Crippen LogP contribution >= 0.6 is 11.8 Å². The number of unbranched alkanes of at least 4 members (excludes halogenated alkanes) is 1. The van der Waals surface area contributed by atoms with Crippen molar-refractivity contribution in [3.05, 3.63) is 24.3 Å². The SMILES string of the molecule is CCCCOCC(O)CNc1cccc(SC)c1. The summed E-state index contributed by atoms with van der Waals surface area (Å²) in [6, 6.07) is 8.16. The van der Waals surface area contributed by atoms with E-state index in [1.165, 1.54) is 4.90 Å². The number of anilines is 1. The van der Waals surface area contributed by atoms with Crippen LogP contribution in [0.2, 0.25) is 0 Å². The average molecular weight is 269 g/mol. The highest BCUT2D eigenvalue weighted by atomic mass is 32.2. The van der Waals surface area contributed by atoms with Crippen molar-refractivity contribution in [2.24, 2.45) is 0 Å². The second-order valence-corrected chi connectivity index (χ2v) is 5.07. The lowest BCUT2D eigenvalue weighted by atomic mass is 10.3. The third-order valence-electron chi connectivity index (χ3n) is 2.56. The Labute approximate surface area is 114 Å². The molecule has 0 aromatic heterocycles. The molecule has 0 spiro atoms. The lowest BCUT2D eigenvalue weighted by Gasteiger charge is -2.13. The van der Waals surface area contributed by atoms with Gasteiger partial charge in [-0.05, 0) is 30.9 Å². The maximum absolute atomic E-state index is 9.74. The first-order valence-electron chi connectivity index (χ1n) is 6.40. The molecular formula is C14H23NO2S. The molecule has 1 unspecified atom stereocenters. The maximum atomic E-state index is 9.74. The average Bonchev–Trinajstić information content (AvgIpc) is 2.41. The predicted octanol–water partition coefficient (Wildman–Crippen LogP) is 3.00. The van der Waals surface area contributed by atoms with Crippen LogP contribution in [0.5, 0.6) is 0 Å². The summed E-state index contributed by atoms with van der Waals surface area (Å²) >= 11 is 1.71. The number of hydrogen-bond acceptors (Lipinski definition) is 4. The van der Waals surface area contributed by atoms with E-state index in [0.717, 1.165) is 25.1 Å². The Balaban J connectivity index is 2.22. The molecule has 102 valence electrons. The number of nitrogens with one attached hydrogen (secondary N) is 1. The molecule has 0 saturated carbocycles. The van der Waals surface area contributed by atoms with E-state index in [0.29, 0.717) is 13.2 Å². The molecule has 0 aliphatic carbocycles. The Kier molecular flexibility index (Phi) is 7.89. The quantitative estimate of drug-likeness (QED) is 0.534. The Morgan fingerprint density at radius 3 is 3.00 bits per heavy atom. The fourth-order valence-corrected chi connectivity index (χ4v) is 1.95. The number of ether oxygens (including phenoxy) is 1. The minimum Gasteiger partial charge on any atom is -0.389 e. The summed E-state index contributed by atoms with van der Waals surface area (Å²) in [7, 11) is 0. The summed E-state index contributed by atoms with van der Waals surface area (Å²) in [4.78, 5) is 1.22. The van der Waals surface area contributed by atoms with E-state index < -0.39 is 6.10 Å². The maximum Gasteiger partial charge on any atom is 0.0945 e. The minimum atomic E-state index is -0.459. The first kappa shape index (κ1) is 15.3. The van der Waals surface area contributed by atoms with Gasteiger partial charge in [-0.1, -0.05) is 19.4 Å². The van der Waals surface area contributed by atoms with E-state index in [1.54, 1.807) is 11.8 Å². The van der Waals surface area contributed by atoms with Crippen molar-refractivity contribution in [1.29, 1.82) is 0 Å². The molecule has 0 saturated heterocycles. The summed E-state index contributed by atoms with van der Waals surface area (Å²) in [5.74, 6) is 0. The van der Waals surface area contributed by atoms with Crippen LogP contribution in [0.4, 0.5) is 5.69 Å². The topological polar surface area (TPSA) is 41.5 Å². The predicted molar refractivity (Wildman–Crippen MR) is 78.4 cm³/mol. The zero-order valence-corrected chi connectivity index (χ0v) is 12.0. The van der Waals surface area contributed by atoms with E-state index in [9.17, 15) is 5.11 Å². The third kappa shape index (κ3) is 6.28. The van der Waals surface area contributed by atoms with Gasteiger partial charge in [0.2, 0.25) is 0 Å². The molecule has 1 aromatic rings. The van der Waals surface area contributed by atoms with E-state index in [1.807, 2.05) is 12.1 Å². The molecule has 3 nitrogen and oxygen atoms in total. The largest absolute Gasteiger partial charge is 0.389 e. The van der Waals surface area contributed by atoms with Crippen LogP contribution < -0.4 is 5.32 Å². The van der Waals surface area contributed by atoms with Gasteiger partial charge in [-0.25, -0.2) is 0 Å². The van der Waals surface area contributed by atoms with E-state index in [4.69, 9.17) is 4.74 Å². The van der Waals surface area contributed by atoms with Crippen molar-refractivity contribution in [1.82, 2.24) is 0 Å². The van der Waals surface area contributed by atoms with Crippen molar-refractivity contribution in [2.45, 2.75) is 30.8 Å². The normalized spacial score (nSPS) is 12.4. The second kappa shape index (κ2) is 9.25. The summed E-state index contributed by atoms with van der Waals surface area (Å²) in [6.07, 6.45) is 3.76. The Hall–Kier alpha value is -0.710. The summed E-state index contributed by atoms with van der Waals surface area (Å²) < 4.78 is 5.38. The third-order valence-corrected chi connectivity index (χ3v) is 3.29. The Morgan fingerprint density at radius 1 is 1.44 bits per heavy atom. The molecule has 1 atom stereocenters. The zero-order valence-electron chi connectivity index (χ0n) is 11.2.